The molecular formula is C9H8BN3O4. The Hall–Kier alpha value is -2.19. The molecule has 0 amide bonds. The van der Waals surface area contributed by atoms with Crippen molar-refractivity contribution in [1.29, 1.82) is 0 Å². The third-order valence-electron chi connectivity index (χ3n) is 2.21. The van der Waals surface area contributed by atoms with Crippen LogP contribution < -0.4 is 5.46 Å². The molecule has 17 heavy (non-hydrogen) atoms. The number of nitrogens with zero attached hydrogens (tertiary/aromatic N) is 3. The highest BCUT2D eigenvalue weighted by Gasteiger charge is 2.14. The molecule has 2 N–H and O–H groups in total. The fourth-order valence-electron chi connectivity index (χ4n) is 1.36. The maximum Gasteiger partial charge on any atom is 0.491 e. The molecule has 0 saturated carbocycles. The molecular weight excluding hydrogens is 225 g/mol. The molecule has 2 rings (SSSR count). The van der Waals surface area contributed by atoms with Crippen LogP contribution >= 0.6 is 0 Å². The van der Waals surface area contributed by atoms with Gasteiger partial charge in [-0.15, -0.1) is 0 Å². The van der Waals surface area contributed by atoms with Crippen LogP contribution in [0.3, 0.4) is 0 Å². The highest BCUT2D eigenvalue weighted by atomic mass is 16.6. The molecule has 7 nitrogen and oxygen atoms in total. The number of hydrogen-bond acceptors (Lipinski definition) is 5. The van der Waals surface area contributed by atoms with Crippen molar-refractivity contribution >= 4 is 18.3 Å². The molecule has 0 bridgehead atoms. The monoisotopic (exact) mass is 233 g/mol. The Balaban J connectivity index is 2.38. The second-order valence-electron chi connectivity index (χ2n) is 3.37. The predicted molar refractivity (Wildman–Crippen MR) is 60.0 cm³/mol. The SMILES string of the molecule is O=[N+]([O-])c1cccc(-n2cc(B(O)O)cn2)c1. The van der Waals surface area contributed by atoms with Crippen molar-refractivity contribution in [3.63, 3.8) is 0 Å². The Bertz CT molecular complexity index is 555. The van der Waals surface area contributed by atoms with Crippen molar-refractivity contribution in [2.45, 2.75) is 0 Å². The van der Waals surface area contributed by atoms with Crippen LogP contribution in [0.4, 0.5) is 5.69 Å². The number of nitro groups is 1. The highest BCUT2D eigenvalue weighted by Crippen LogP contribution is 2.15. The van der Waals surface area contributed by atoms with Crippen molar-refractivity contribution < 1.29 is 15.0 Å². The standard InChI is InChI=1S/C9H8BN3O4/c14-10(15)7-5-11-12(6-7)8-2-1-3-9(4-8)13(16)17/h1-6,14-15H. The summed E-state index contributed by atoms with van der Waals surface area (Å²) in [4.78, 5) is 10.1. The number of hydrogen-bond donors (Lipinski definition) is 2. The minimum Gasteiger partial charge on any atom is -0.423 e. The summed E-state index contributed by atoms with van der Waals surface area (Å²) in [6.07, 6.45) is 2.67. The van der Waals surface area contributed by atoms with Gasteiger partial charge in [-0.05, 0) is 6.07 Å². The third-order valence-corrected chi connectivity index (χ3v) is 2.21. The summed E-state index contributed by atoms with van der Waals surface area (Å²) < 4.78 is 1.34. The van der Waals surface area contributed by atoms with E-state index in [4.69, 9.17) is 10.0 Å². The van der Waals surface area contributed by atoms with E-state index >= 15 is 0 Å². The molecule has 0 radical (unpaired) electrons. The minimum atomic E-state index is -1.61. The molecule has 1 heterocycles. The molecule has 0 atom stereocenters. The number of rotatable bonds is 3. The van der Waals surface area contributed by atoms with Gasteiger partial charge in [0, 0.05) is 30.0 Å². The average molecular weight is 233 g/mol. The Morgan fingerprint density at radius 3 is 2.76 bits per heavy atom. The van der Waals surface area contributed by atoms with Crippen LogP contribution in [0.25, 0.3) is 5.69 Å². The van der Waals surface area contributed by atoms with Gasteiger partial charge in [0.05, 0.1) is 10.6 Å². The Morgan fingerprint density at radius 2 is 2.18 bits per heavy atom. The van der Waals surface area contributed by atoms with Crippen LogP contribution in [0.1, 0.15) is 0 Å². The topological polar surface area (TPSA) is 101 Å². The zero-order valence-corrected chi connectivity index (χ0v) is 8.59. The molecule has 1 aromatic carbocycles. The van der Waals surface area contributed by atoms with E-state index in [9.17, 15) is 10.1 Å². The highest BCUT2D eigenvalue weighted by molar-refractivity contribution is 6.58. The maximum absolute atomic E-state index is 10.6. The van der Waals surface area contributed by atoms with E-state index < -0.39 is 12.0 Å². The molecule has 2 aromatic rings. The van der Waals surface area contributed by atoms with Crippen LogP contribution in [0.2, 0.25) is 0 Å². The normalized spacial score (nSPS) is 10.2. The molecule has 0 saturated heterocycles. The van der Waals surface area contributed by atoms with Crippen LogP contribution in [0.5, 0.6) is 0 Å². The lowest BCUT2D eigenvalue weighted by Gasteiger charge is -2.00. The molecule has 0 spiro atoms. The van der Waals surface area contributed by atoms with Crippen molar-refractivity contribution in [2.24, 2.45) is 0 Å². The Morgan fingerprint density at radius 1 is 1.41 bits per heavy atom. The van der Waals surface area contributed by atoms with E-state index in [1.807, 2.05) is 0 Å². The lowest BCUT2D eigenvalue weighted by atomic mass is 9.83. The van der Waals surface area contributed by atoms with Crippen molar-refractivity contribution in [3.05, 3.63) is 46.8 Å². The molecule has 86 valence electrons. The van der Waals surface area contributed by atoms with Crippen LogP contribution in [-0.2, 0) is 0 Å². The van der Waals surface area contributed by atoms with E-state index in [0.29, 0.717) is 5.69 Å². The maximum atomic E-state index is 10.6. The van der Waals surface area contributed by atoms with E-state index in [0.717, 1.165) is 0 Å². The van der Waals surface area contributed by atoms with Crippen LogP contribution in [0.15, 0.2) is 36.7 Å². The first-order valence-electron chi connectivity index (χ1n) is 4.73. The third kappa shape index (κ3) is 2.32. The fourth-order valence-corrected chi connectivity index (χ4v) is 1.36. The Kier molecular flexibility index (Phi) is 2.90. The summed E-state index contributed by atoms with van der Waals surface area (Å²) in [5.74, 6) is 0. The summed E-state index contributed by atoms with van der Waals surface area (Å²) in [6, 6.07) is 5.88. The fraction of sp³-hybridized carbons (Fsp3) is 0. The molecule has 0 aliphatic heterocycles. The number of aromatic nitrogens is 2. The predicted octanol–water partition coefficient (Wildman–Crippen LogP) is -0.540. The van der Waals surface area contributed by atoms with Crippen molar-refractivity contribution in [1.82, 2.24) is 9.78 Å². The van der Waals surface area contributed by atoms with E-state index in [1.54, 1.807) is 6.07 Å². The van der Waals surface area contributed by atoms with E-state index in [-0.39, 0.29) is 11.2 Å². The van der Waals surface area contributed by atoms with Gasteiger partial charge in [0.1, 0.15) is 0 Å². The van der Waals surface area contributed by atoms with Gasteiger partial charge in [-0.1, -0.05) is 6.07 Å². The number of non-ortho nitro benzene ring substituents is 1. The first-order chi connectivity index (χ1) is 8.08. The quantitative estimate of drug-likeness (QED) is 0.421. The van der Waals surface area contributed by atoms with Gasteiger partial charge in [-0.3, -0.25) is 10.1 Å². The second-order valence-corrected chi connectivity index (χ2v) is 3.37. The number of nitro benzene ring substituents is 1. The first-order valence-corrected chi connectivity index (χ1v) is 4.73. The smallest absolute Gasteiger partial charge is 0.423 e. The minimum absolute atomic E-state index is 0.0518. The van der Waals surface area contributed by atoms with Crippen LogP contribution in [0, 0.1) is 10.1 Å². The van der Waals surface area contributed by atoms with Gasteiger partial charge in [0.15, 0.2) is 0 Å². The summed E-state index contributed by atoms with van der Waals surface area (Å²) >= 11 is 0. The lowest BCUT2D eigenvalue weighted by Crippen LogP contribution is -2.28. The zero-order valence-electron chi connectivity index (χ0n) is 8.59. The molecule has 0 aliphatic rings. The Labute approximate surface area is 96.2 Å². The summed E-state index contributed by atoms with van der Waals surface area (Å²) in [5, 5.41) is 32.3. The second kappa shape index (κ2) is 4.36. The first kappa shape index (κ1) is 11.3. The van der Waals surface area contributed by atoms with Crippen LogP contribution in [-0.4, -0.2) is 31.9 Å². The molecule has 8 heteroatoms. The van der Waals surface area contributed by atoms with Gasteiger partial charge in [0.2, 0.25) is 0 Å². The molecule has 0 fully saturated rings. The van der Waals surface area contributed by atoms with Crippen molar-refractivity contribution in [3.8, 4) is 5.69 Å². The summed E-state index contributed by atoms with van der Waals surface area (Å²) in [6.45, 7) is 0. The van der Waals surface area contributed by atoms with Gasteiger partial charge in [-0.25, -0.2) is 4.68 Å². The van der Waals surface area contributed by atoms with Gasteiger partial charge in [0.25, 0.3) is 5.69 Å². The molecule has 0 unspecified atom stereocenters. The van der Waals surface area contributed by atoms with E-state index in [1.165, 1.54) is 35.3 Å². The van der Waals surface area contributed by atoms with Gasteiger partial charge < -0.3 is 10.0 Å². The lowest BCUT2D eigenvalue weighted by molar-refractivity contribution is -0.384. The summed E-state index contributed by atoms with van der Waals surface area (Å²) in [5.41, 5.74) is 0.645. The molecule has 1 aromatic heterocycles. The van der Waals surface area contributed by atoms with Gasteiger partial charge >= 0.3 is 7.12 Å². The summed E-state index contributed by atoms with van der Waals surface area (Å²) in [7, 11) is -1.61. The van der Waals surface area contributed by atoms with Gasteiger partial charge in [-0.2, -0.15) is 5.10 Å². The zero-order chi connectivity index (χ0) is 12.4. The van der Waals surface area contributed by atoms with E-state index in [2.05, 4.69) is 5.10 Å². The molecule has 0 aliphatic carbocycles. The average Bonchev–Trinajstić information content (AvgIpc) is 2.78. The van der Waals surface area contributed by atoms with Crippen molar-refractivity contribution in [2.75, 3.05) is 0 Å². The number of benzene rings is 1. The largest absolute Gasteiger partial charge is 0.491 e.